The fourth-order valence-corrected chi connectivity index (χ4v) is 1.60. The predicted molar refractivity (Wildman–Crippen MR) is 49.7 cm³/mol. The number of rotatable bonds is 1. The SMILES string of the molecule is Cc1cc(C(=O)N2CCC(N)C2)no1. The largest absolute Gasteiger partial charge is 0.361 e. The fraction of sp³-hybridized carbons (Fsp3) is 0.556. The minimum atomic E-state index is -0.0881. The zero-order valence-electron chi connectivity index (χ0n) is 8.06. The van der Waals surface area contributed by atoms with Crippen LogP contribution in [0.15, 0.2) is 10.6 Å². The Morgan fingerprint density at radius 3 is 3.07 bits per heavy atom. The van der Waals surface area contributed by atoms with Crippen LogP contribution < -0.4 is 5.73 Å². The minimum Gasteiger partial charge on any atom is -0.361 e. The highest BCUT2D eigenvalue weighted by Gasteiger charge is 2.26. The Morgan fingerprint density at radius 1 is 1.79 bits per heavy atom. The third-order valence-electron chi connectivity index (χ3n) is 2.36. The van der Waals surface area contributed by atoms with Gasteiger partial charge in [0.1, 0.15) is 5.76 Å². The number of hydrogen-bond donors (Lipinski definition) is 1. The van der Waals surface area contributed by atoms with Gasteiger partial charge in [0.15, 0.2) is 5.69 Å². The quantitative estimate of drug-likeness (QED) is 0.692. The van der Waals surface area contributed by atoms with E-state index in [-0.39, 0.29) is 11.9 Å². The molecule has 1 aliphatic rings. The third kappa shape index (κ3) is 1.63. The molecule has 0 saturated carbocycles. The van der Waals surface area contributed by atoms with Gasteiger partial charge in [-0.2, -0.15) is 0 Å². The van der Waals surface area contributed by atoms with E-state index in [1.165, 1.54) is 0 Å². The molecule has 76 valence electrons. The van der Waals surface area contributed by atoms with Gasteiger partial charge in [-0.3, -0.25) is 4.79 Å². The summed E-state index contributed by atoms with van der Waals surface area (Å²) in [5.74, 6) is 0.562. The highest BCUT2D eigenvalue weighted by molar-refractivity contribution is 5.92. The summed E-state index contributed by atoms with van der Waals surface area (Å²) >= 11 is 0. The van der Waals surface area contributed by atoms with Gasteiger partial charge in [0.25, 0.3) is 5.91 Å². The first kappa shape index (κ1) is 9.21. The van der Waals surface area contributed by atoms with Crippen molar-refractivity contribution < 1.29 is 9.32 Å². The number of likely N-dealkylation sites (tertiary alicyclic amines) is 1. The van der Waals surface area contributed by atoms with Gasteiger partial charge in [0, 0.05) is 25.2 Å². The molecular formula is C9H13N3O2. The molecule has 2 rings (SSSR count). The number of carbonyl (C=O) groups is 1. The molecule has 5 heteroatoms. The summed E-state index contributed by atoms with van der Waals surface area (Å²) in [6.45, 7) is 3.09. The van der Waals surface area contributed by atoms with E-state index in [1.807, 2.05) is 0 Å². The summed E-state index contributed by atoms with van der Waals surface area (Å²) in [5, 5.41) is 3.68. The second kappa shape index (κ2) is 3.42. The van der Waals surface area contributed by atoms with E-state index < -0.39 is 0 Å². The van der Waals surface area contributed by atoms with E-state index in [9.17, 15) is 4.79 Å². The van der Waals surface area contributed by atoms with Crippen LogP contribution >= 0.6 is 0 Å². The third-order valence-corrected chi connectivity index (χ3v) is 2.36. The van der Waals surface area contributed by atoms with E-state index in [0.717, 1.165) is 6.42 Å². The van der Waals surface area contributed by atoms with Gasteiger partial charge in [-0.15, -0.1) is 0 Å². The molecule has 5 nitrogen and oxygen atoms in total. The van der Waals surface area contributed by atoms with Gasteiger partial charge in [-0.05, 0) is 13.3 Å². The van der Waals surface area contributed by atoms with Crippen LogP contribution in [-0.2, 0) is 0 Å². The van der Waals surface area contributed by atoms with Crippen molar-refractivity contribution in [1.29, 1.82) is 0 Å². The lowest BCUT2D eigenvalue weighted by molar-refractivity contribution is 0.0780. The van der Waals surface area contributed by atoms with Gasteiger partial charge in [-0.25, -0.2) is 0 Å². The number of hydrogen-bond acceptors (Lipinski definition) is 4. The maximum absolute atomic E-state index is 11.8. The van der Waals surface area contributed by atoms with E-state index in [0.29, 0.717) is 24.5 Å². The van der Waals surface area contributed by atoms with Gasteiger partial charge in [-0.1, -0.05) is 5.16 Å². The highest BCUT2D eigenvalue weighted by Crippen LogP contribution is 2.12. The Kier molecular flexibility index (Phi) is 2.25. The zero-order chi connectivity index (χ0) is 10.1. The summed E-state index contributed by atoms with van der Waals surface area (Å²) < 4.78 is 4.84. The Bertz CT molecular complexity index is 348. The molecule has 1 unspecified atom stereocenters. The van der Waals surface area contributed by atoms with Crippen molar-refractivity contribution in [3.05, 3.63) is 17.5 Å². The smallest absolute Gasteiger partial charge is 0.276 e. The van der Waals surface area contributed by atoms with Crippen LogP contribution in [0.1, 0.15) is 22.7 Å². The molecule has 1 atom stereocenters. The molecule has 1 aliphatic heterocycles. The average molecular weight is 195 g/mol. The van der Waals surface area contributed by atoms with Crippen LogP contribution in [0.3, 0.4) is 0 Å². The summed E-state index contributed by atoms with van der Waals surface area (Å²) in [4.78, 5) is 13.5. The molecule has 0 bridgehead atoms. The van der Waals surface area contributed by atoms with Gasteiger partial charge < -0.3 is 15.2 Å². The molecule has 2 heterocycles. The second-order valence-electron chi connectivity index (χ2n) is 3.62. The van der Waals surface area contributed by atoms with Crippen LogP contribution in [-0.4, -0.2) is 35.1 Å². The molecule has 0 spiro atoms. The number of nitrogens with two attached hydrogens (primary N) is 1. The Balaban J connectivity index is 2.09. The molecule has 2 N–H and O–H groups in total. The van der Waals surface area contributed by atoms with Crippen molar-refractivity contribution in [2.45, 2.75) is 19.4 Å². The standard InChI is InChI=1S/C9H13N3O2/c1-6-4-8(11-14-6)9(13)12-3-2-7(10)5-12/h4,7H,2-3,5,10H2,1H3. The topological polar surface area (TPSA) is 72.4 Å². The molecule has 0 aromatic carbocycles. The van der Waals surface area contributed by atoms with Crippen molar-refractivity contribution in [2.24, 2.45) is 5.73 Å². The monoisotopic (exact) mass is 195 g/mol. The lowest BCUT2D eigenvalue weighted by Gasteiger charge is -2.12. The first-order chi connectivity index (χ1) is 6.66. The molecule has 14 heavy (non-hydrogen) atoms. The minimum absolute atomic E-state index is 0.0881. The first-order valence-electron chi connectivity index (χ1n) is 4.65. The fourth-order valence-electron chi connectivity index (χ4n) is 1.60. The molecule has 0 aliphatic carbocycles. The van der Waals surface area contributed by atoms with Crippen LogP contribution in [0.25, 0.3) is 0 Å². The Hall–Kier alpha value is -1.36. The molecule has 1 saturated heterocycles. The zero-order valence-corrected chi connectivity index (χ0v) is 8.06. The molecule has 1 amide bonds. The highest BCUT2D eigenvalue weighted by atomic mass is 16.5. The molecule has 1 fully saturated rings. The van der Waals surface area contributed by atoms with E-state index in [2.05, 4.69) is 5.16 Å². The van der Waals surface area contributed by atoms with Crippen molar-refractivity contribution in [1.82, 2.24) is 10.1 Å². The van der Waals surface area contributed by atoms with Gasteiger partial charge in [0.05, 0.1) is 0 Å². The van der Waals surface area contributed by atoms with Crippen molar-refractivity contribution in [3.8, 4) is 0 Å². The summed E-state index contributed by atoms with van der Waals surface area (Å²) in [6, 6.07) is 1.75. The van der Waals surface area contributed by atoms with Crippen LogP contribution in [0.5, 0.6) is 0 Å². The second-order valence-corrected chi connectivity index (χ2v) is 3.62. The number of aromatic nitrogens is 1. The van der Waals surface area contributed by atoms with Crippen molar-refractivity contribution in [3.63, 3.8) is 0 Å². The van der Waals surface area contributed by atoms with E-state index in [4.69, 9.17) is 10.3 Å². The predicted octanol–water partition coefficient (Wildman–Crippen LogP) is 0.156. The maximum Gasteiger partial charge on any atom is 0.276 e. The van der Waals surface area contributed by atoms with Crippen LogP contribution in [0.4, 0.5) is 0 Å². The molecular weight excluding hydrogens is 182 g/mol. The van der Waals surface area contributed by atoms with Crippen LogP contribution in [0, 0.1) is 6.92 Å². The number of nitrogens with zero attached hydrogens (tertiary/aromatic N) is 2. The Labute approximate surface area is 81.8 Å². The molecule has 1 aromatic heterocycles. The summed E-state index contributed by atoms with van der Waals surface area (Å²) in [5.41, 5.74) is 6.08. The molecule has 0 radical (unpaired) electrons. The lowest BCUT2D eigenvalue weighted by atomic mass is 10.3. The average Bonchev–Trinajstić information content (AvgIpc) is 2.73. The van der Waals surface area contributed by atoms with Crippen molar-refractivity contribution >= 4 is 5.91 Å². The number of carbonyl (C=O) groups excluding carboxylic acids is 1. The number of aryl methyl sites for hydroxylation is 1. The van der Waals surface area contributed by atoms with Gasteiger partial charge in [0.2, 0.25) is 0 Å². The lowest BCUT2D eigenvalue weighted by Crippen LogP contribution is -2.32. The maximum atomic E-state index is 11.8. The molecule has 1 aromatic rings. The van der Waals surface area contributed by atoms with E-state index in [1.54, 1.807) is 17.9 Å². The normalized spacial score (nSPS) is 21.6. The van der Waals surface area contributed by atoms with E-state index >= 15 is 0 Å². The summed E-state index contributed by atoms with van der Waals surface area (Å²) in [6.07, 6.45) is 0.864. The van der Waals surface area contributed by atoms with Crippen molar-refractivity contribution in [2.75, 3.05) is 13.1 Å². The van der Waals surface area contributed by atoms with Crippen LogP contribution in [0.2, 0.25) is 0 Å². The first-order valence-corrected chi connectivity index (χ1v) is 4.65. The number of amides is 1. The van der Waals surface area contributed by atoms with Gasteiger partial charge >= 0.3 is 0 Å². The Morgan fingerprint density at radius 2 is 2.57 bits per heavy atom. The summed E-state index contributed by atoms with van der Waals surface area (Å²) in [7, 11) is 0.